The van der Waals surface area contributed by atoms with Gasteiger partial charge < -0.3 is 8.83 Å². The second kappa shape index (κ2) is 21.0. The Kier molecular flexibility index (Phi) is 18.5. The summed E-state index contributed by atoms with van der Waals surface area (Å²) in [4.78, 5) is 1.48. The largest absolute Gasteiger partial charge is 0.472 e. The van der Waals surface area contributed by atoms with Crippen molar-refractivity contribution in [2.45, 2.75) is 98.8 Å². The Balaban J connectivity index is 0.000000256. The first-order valence-electron chi connectivity index (χ1n) is 14.7. The number of hydrogen-bond acceptors (Lipinski definition) is 4. The minimum atomic E-state index is 0.519. The molecule has 41 heavy (non-hydrogen) atoms. The van der Waals surface area contributed by atoms with Crippen LogP contribution in [-0.2, 0) is 0 Å². The van der Waals surface area contributed by atoms with E-state index in [1.807, 2.05) is 35.6 Å². The first-order chi connectivity index (χ1) is 19.5. The van der Waals surface area contributed by atoms with Crippen molar-refractivity contribution in [2.24, 2.45) is 0 Å². The molecule has 4 aromatic heterocycles. The molecule has 0 aliphatic heterocycles. The summed E-state index contributed by atoms with van der Waals surface area (Å²) in [5.74, 6) is 4.23. The molecule has 0 saturated carbocycles. The molecule has 0 saturated heterocycles. The molecular formula is C37H52O2S2. The fourth-order valence-corrected chi connectivity index (χ4v) is 4.85. The molecule has 2 nitrogen and oxygen atoms in total. The van der Waals surface area contributed by atoms with Crippen LogP contribution in [0.5, 0.6) is 0 Å². The van der Waals surface area contributed by atoms with E-state index < -0.39 is 0 Å². The molecule has 5 rings (SSSR count). The van der Waals surface area contributed by atoms with Gasteiger partial charge in [-0.1, -0.05) is 106 Å². The van der Waals surface area contributed by atoms with Gasteiger partial charge in [0.2, 0.25) is 0 Å². The van der Waals surface area contributed by atoms with Gasteiger partial charge in [-0.15, -0.1) is 11.3 Å². The first kappa shape index (κ1) is 36.2. The van der Waals surface area contributed by atoms with Crippen LogP contribution in [0.15, 0.2) is 110 Å². The summed E-state index contributed by atoms with van der Waals surface area (Å²) in [5.41, 5.74) is 4.14. The Labute approximate surface area is 258 Å². The van der Waals surface area contributed by atoms with Gasteiger partial charge in [0.15, 0.2) is 0 Å². The Hall–Kier alpha value is -2.82. The summed E-state index contributed by atoms with van der Waals surface area (Å²) in [6, 6.07) is 22.9. The van der Waals surface area contributed by atoms with Crippen molar-refractivity contribution < 1.29 is 8.83 Å². The molecule has 0 atom stereocenters. The Bertz CT molecular complexity index is 1030. The maximum absolute atomic E-state index is 5.09. The Morgan fingerprint density at radius 2 is 1.17 bits per heavy atom. The monoisotopic (exact) mass is 592 g/mol. The molecule has 0 aliphatic rings. The third-order valence-electron chi connectivity index (χ3n) is 6.11. The van der Waals surface area contributed by atoms with Crippen LogP contribution in [0.4, 0.5) is 0 Å². The first-order valence-corrected chi connectivity index (χ1v) is 16.5. The summed E-state index contributed by atoms with van der Waals surface area (Å²) >= 11 is 3.60. The molecule has 0 unspecified atom stereocenters. The van der Waals surface area contributed by atoms with E-state index in [9.17, 15) is 0 Å². The topological polar surface area (TPSA) is 26.3 Å². The van der Waals surface area contributed by atoms with E-state index in [1.165, 1.54) is 21.6 Å². The van der Waals surface area contributed by atoms with Crippen molar-refractivity contribution in [2.75, 3.05) is 0 Å². The predicted molar refractivity (Wildman–Crippen MR) is 183 cm³/mol. The Morgan fingerprint density at radius 3 is 1.44 bits per heavy atom. The highest BCUT2D eigenvalue weighted by Gasteiger charge is 1.99. The zero-order chi connectivity index (χ0) is 30.6. The lowest BCUT2D eigenvalue weighted by molar-refractivity contribution is 0.487. The van der Waals surface area contributed by atoms with Crippen LogP contribution in [0, 0.1) is 0 Å². The van der Waals surface area contributed by atoms with Crippen LogP contribution in [0.2, 0.25) is 0 Å². The highest BCUT2D eigenvalue weighted by Crippen LogP contribution is 2.19. The number of benzene rings is 1. The van der Waals surface area contributed by atoms with Gasteiger partial charge in [-0.3, -0.25) is 0 Å². The number of thiophene rings is 2. The van der Waals surface area contributed by atoms with Gasteiger partial charge in [-0.25, -0.2) is 0 Å². The lowest BCUT2D eigenvalue weighted by atomic mass is 10.0. The van der Waals surface area contributed by atoms with Crippen molar-refractivity contribution in [1.82, 2.24) is 0 Å². The second-order valence-corrected chi connectivity index (χ2v) is 13.1. The van der Waals surface area contributed by atoms with E-state index in [0.29, 0.717) is 29.6 Å². The summed E-state index contributed by atoms with van der Waals surface area (Å²) < 4.78 is 9.97. The molecule has 0 bridgehead atoms. The molecule has 4 heteroatoms. The van der Waals surface area contributed by atoms with Gasteiger partial charge in [-0.05, 0) is 86.8 Å². The zero-order valence-corrected chi connectivity index (χ0v) is 28.5. The van der Waals surface area contributed by atoms with E-state index in [2.05, 4.69) is 128 Å². The lowest BCUT2D eigenvalue weighted by Gasteiger charge is -2.01. The standard InChI is InChI=1S/C9H12.2C7H10O.2C7H10S/c1-8(2)9-6-4-3-5-7-9;1-6(2)7-3-4-8-5-7;1-6(2)7-4-3-5-8-7;1-6(2)7-3-4-8-5-7;1-6(2)7-4-3-5-8-7/h3-8H,1-2H3;4*3-6H,1-2H3. The normalized spacial score (nSPS) is 10.3. The van der Waals surface area contributed by atoms with Crippen molar-refractivity contribution >= 4 is 22.7 Å². The summed E-state index contributed by atoms with van der Waals surface area (Å²) in [7, 11) is 0. The number of furan rings is 2. The quantitative estimate of drug-likeness (QED) is 0.203. The SMILES string of the molecule is CC(C)c1ccccc1.CC(C)c1ccco1.CC(C)c1cccs1.CC(C)c1ccoc1.CC(C)c1ccsc1. The molecule has 0 amide bonds. The van der Waals surface area contributed by atoms with Gasteiger partial charge in [-0.2, -0.15) is 11.3 Å². The van der Waals surface area contributed by atoms with E-state index in [0.717, 1.165) is 5.76 Å². The highest BCUT2D eigenvalue weighted by molar-refractivity contribution is 7.10. The highest BCUT2D eigenvalue weighted by atomic mass is 32.1. The molecule has 1 aromatic carbocycles. The maximum Gasteiger partial charge on any atom is 0.106 e. The van der Waals surface area contributed by atoms with Crippen molar-refractivity contribution in [1.29, 1.82) is 0 Å². The molecule has 4 heterocycles. The summed E-state index contributed by atoms with van der Waals surface area (Å²) in [5, 5.41) is 6.44. The molecule has 0 radical (unpaired) electrons. The van der Waals surface area contributed by atoms with Gasteiger partial charge in [0.25, 0.3) is 0 Å². The molecule has 5 aromatic rings. The van der Waals surface area contributed by atoms with Crippen LogP contribution in [0.3, 0.4) is 0 Å². The Morgan fingerprint density at radius 1 is 0.512 bits per heavy atom. The third kappa shape index (κ3) is 16.3. The number of hydrogen-bond donors (Lipinski definition) is 0. The third-order valence-corrected chi connectivity index (χ3v) is 7.98. The average molecular weight is 593 g/mol. The summed E-state index contributed by atoms with van der Waals surface area (Å²) in [6.07, 6.45) is 5.19. The molecule has 0 aliphatic carbocycles. The van der Waals surface area contributed by atoms with Gasteiger partial charge in [0, 0.05) is 10.8 Å². The molecular weight excluding hydrogens is 541 g/mol. The van der Waals surface area contributed by atoms with E-state index >= 15 is 0 Å². The van der Waals surface area contributed by atoms with Crippen LogP contribution in [-0.4, -0.2) is 0 Å². The minimum absolute atomic E-state index is 0.519. The molecule has 0 fully saturated rings. The van der Waals surface area contributed by atoms with Crippen LogP contribution in [0.1, 0.15) is 126 Å². The van der Waals surface area contributed by atoms with Gasteiger partial charge in [0.1, 0.15) is 5.76 Å². The van der Waals surface area contributed by atoms with Crippen LogP contribution >= 0.6 is 22.7 Å². The van der Waals surface area contributed by atoms with Crippen LogP contribution in [0.25, 0.3) is 0 Å². The predicted octanol–water partition coefficient (Wildman–Crippen LogP) is 13.4. The van der Waals surface area contributed by atoms with Gasteiger partial charge >= 0.3 is 0 Å². The van der Waals surface area contributed by atoms with E-state index in [4.69, 9.17) is 8.83 Å². The van der Waals surface area contributed by atoms with E-state index in [1.54, 1.807) is 30.1 Å². The fraction of sp³-hybridized carbons (Fsp3) is 0.405. The van der Waals surface area contributed by atoms with Gasteiger partial charge in [0.05, 0.1) is 18.8 Å². The molecule has 0 spiro atoms. The molecule has 224 valence electrons. The maximum atomic E-state index is 5.09. The zero-order valence-electron chi connectivity index (χ0n) is 26.8. The van der Waals surface area contributed by atoms with Crippen LogP contribution < -0.4 is 0 Å². The van der Waals surface area contributed by atoms with Crippen molar-refractivity contribution in [3.63, 3.8) is 0 Å². The minimum Gasteiger partial charge on any atom is -0.472 e. The second-order valence-electron chi connectivity index (χ2n) is 11.3. The average Bonchev–Trinajstić information content (AvgIpc) is 3.78. The molecule has 0 N–H and O–H groups in total. The summed E-state index contributed by atoms with van der Waals surface area (Å²) in [6.45, 7) is 21.8. The smallest absolute Gasteiger partial charge is 0.106 e. The lowest BCUT2D eigenvalue weighted by Crippen LogP contribution is -1.83. The van der Waals surface area contributed by atoms with Crippen molar-refractivity contribution in [3.8, 4) is 0 Å². The number of rotatable bonds is 5. The fourth-order valence-electron chi connectivity index (χ4n) is 3.28. The van der Waals surface area contributed by atoms with Crippen molar-refractivity contribution in [3.05, 3.63) is 129 Å². The van der Waals surface area contributed by atoms with E-state index in [-0.39, 0.29) is 0 Å².